The lowest BCUT2D eigenvalue weighted by Gasteiger charge is -2.23. The smallest absolute Gasteiger partial charge is 0.325 e. The molecule has 1 aliphatic rings. The molecule has 2 N–H and O–H groups in total. The van der Waals surface area contributed by atoms with Crippen LogP contribution >= 0.6 is 23.2 Å². The summed E-state index contributed by atoms with van der Waals surface area (Å²) in [6.45, 7) is 2.99. The van der Waals surface area contributed by atoms with Gasteiger partial charge in [0.2, 0.25) is 5.91 Å². The van der Waals surface area contributed by atoms with Gasteiger partial charge >= 0.3 is 6.03 Å². The molecule has 0 radical (unpaired) electrons. The van der Waals surface area contributed by atoms with E-state index in [9.17, 15) is 14.4 Å². The zero-order valence-electron chi connectivity index (χ0n) is 16.0. The van der Waals surface area contributed by atoms with Gasteiger partial charge in [-0.1, -0.05) is 29.3 Å². The summed E-state index contributed by atoms with van der Waals surface area (Å²) in [5.41, 5.74) is 0.466. The maximum atomic E-state index is 13.0. The minimum atomic E-state index is -1.29. The fraction of sp³-hybridized carbons (Fsp3) is 0.250. The number of hydrogen-bond donors (Lipinski definition) is 2. The molecule has 0 saturated carbocycles. The van der Waals surface area contributed by atoms with E-state index in [1.165, 1.54) is 6.07 Å². The van der Waals surface area contributed by atoms with E-state index < -0.39 is 29.9 Å². The largest absolute Gasteiger partial charge is 0.496 e. The molecule has 0 aromatic heterocycles. The summed E-state index contributed by atoms with van der Waals surface area (Å²) in [6.07, 6.45) is 0. The molecule has 0 bridgehead atoms. The molecule has 152 valence electrons. The van der Waals surface area contributed by atoms with Gasteiger partial charge in [0.1, 0.15) is 17.8 Å². The van der Waals surface area contributed by atoms with Gasteiger partial charge in [0, 0.05) is 5.02 Å². The predicted molar refractivity (Wildman–Crippen MR) is 110 cm³/mol. The Hall–Kier alpha value is -2.77. The van der Waals surface area contributed by atoms with Crippen LogP contribution in [0.25, 0.3) is 0 Å². The number of ether oxygens (including phenoxy) is 1. The molecular formula is C20H19Cl2N3O4. The third-order valence-electron chi connectivity index (χ3n) is 4.75. The summed E-state index contributed by atoms with van der Waals surface area (Å²) >= 11 is 11.9. The minimum Gasteiger partial charge on any atom is -0.496 e. The molecule has 0 aliphatic carbocycles. The van der Waals surface area contributed by atoms with E-state index in [1.54, 1.807) is 44.4 Å². The number of imide groups is 1. The third-order valence-corrected chi connectivity index (χ3v) is 5.30. The summed E-state index contributed by atoms with van der Waals surface area (Å²) in [6, 6.07) is 9.15. The fourth-order valence-electron chi connectivity index (χ4n) is 3.15. The van der Waals surface area contributed by atoms with Crippen molar-refractivity contribution in [3.8, 4) is 5.75 Å². The standard InChI is InChI=1S/C20H19Cl2N3O4/c1-11-8-12(4-7-16(11)29-3)20(2)18(27)25(19(28)24-20)10-17(26)23-15-6-5-13(21)9-14(15)22/h4-9H,10H2,1-3H3,(H,23,26)(H,24,28). The summed E-state index contributed by atoms with van der Waals surface area (Å²) in [5, 5.41) is 5.92. The number of carbonyl (C=O) groups is 3. The average Bonchev–Trinajstić information content (AvgIpc) is 2.88. The highest BCUT2D eigenvalue weighted by Gasteiger charge is 2.49. The average molecular weight is 436 g/mol. The molecule has 1 saturated heterocycles. The molecule has 7 nitrogen and oxygen atoms in total. The van der Waals surface area contributed by atoms with Crippen LogP contribution in [0, 0.1) is 6.92 Å². The minimum absolute atomic E-state index is 0.251. The number of carbonyl (C=O) groups excluding carboxylic acids is 3. The lowest BCUT2D eigenvalue weighted by molar-refractivity contribution is -0.133. The maximum absolute atomic E-state index is 13.0. The summed E-state index contributed by atoms with van der Waals surface area (Å²) in [5.74, 6) is -0.414. The Morgan fingerprint density at radius 2 is 1.93 bits per heavy atom. The maximum Gasteiger partial charge on any atom is 0.325 e. The quantitative estimate of drug-likeness (QED) is 0.700. The van der Waals surface area contributed by atoms with Crippen molar-refractivity contribution in [3.63, 3.8) is 0 Å². The molecule has 9 heteroatoms. The fourth-order valence-corrected chi connectivity index (χ4v) is 3.61. The highest BCUT2D eigenvalue weighted by atomic mass is 35.5. The van der Waals surface area contributed by atoms with Gasteiger partial charge in [-0.2, -0.15) is 0 Å². The Morgan fingerprint density at radius 1 is 1.21 bits per heavy atom. The molecule has 2 aromatic rings. The molecule has 2 aromatic carbocycles. The monoisotopic (exact) mass is 435 g/mol. The molecule has 29 heavy (non-hydrogen) atoms. The highest BCUT2D eigenvalue weighted by molar-refractivity contribution is 6.36. The zero-order chi connectivity index (χ0) is 21.3. The number of hydrogen-bond acceptors (Lipinski definition) is 4. The van der Waals surface area contributed by atoms with Crippen molar-refractivity contribution in [2.45, 2.75) is 19.4 Å². The number of rotatable bonds is 5. The number of benzene rings is 2. The number of methoxy groups -OCH3 is 1. The van der Waals surface area contributed by atoms with Gasteiger partial charge in [0.05, 0.1) is 17.8 Å². The first-order chi connectivity index (χ1) is 13.7. The number of amides is 4. The third kappa shape index (κ3) is 4.02. The summed E-state index contributed by atoms with van der Waals surface area (Å²) < 4.78 is 5.24. The molecule has 1 fully saturated rings. The number of anilines is 1. The molecule has 1 atom stereocenters. The number of halogens is 2. The van der Waals surface area contributed by atoms with Gasteiger partial charge < -0.3 is 15.4 Å². The Morgan fingerprint density at radius 3 is 2.55 bits per heavy atom. The lowest BCUT2D eigenvalue weighted by Crippen LogP contribution is -2.42. The second-order valence-electron chi connectivity index (χ2n) is 6.80. The van der Waals surface area contributed by atoms with E-state index in [0.29, 0.717) is 22.0 Å². The number of urea groups is 1. The second-order valence-corrected chi connectivity index (χ2v) is 7.65. The number of nitrogens with one attached hydrogen (secondary N) is 2. The van der Waals surface area contributed by atoms with Crippen LogP contribution in [-0.2, 0) is 15.1 Å². The van der Waals surface area contributed by atoms with Crippen molar-refractivity contribution in [2.24, 2.45) is 0 Å². The van der Waals surface area contributed by atoms with Crippen molar-refractivity contribution in [2.75, 3.05) is 19.0 Å². The van der Waals surface area contributed by atoms with Crippen LogP contribution in [0.2, 0.25) is 10.0 Å². The summed E-state index contributed by atoms with van der Waals surface area (Å²) in [4.78, 5) is 38.7. The van der Waals surface area contributed by atoms with E-state index >= 15 is 0 Å². The van der Waals surface area contributed by atoms with Gasteiger partial charge in [-0.25, -0.2) is 4.79 Å². The van der Waals surface area contributed by atoms with E-state index in [0.717, 1.165) is 10.5 Å². The first-order valence-electron chi connectivity index (χ1n) is 8.70. The van der Waals surface area contributed by atoms with Crippen molar-refractivity contribution >= 4 is 46.7 Å². The van der Waals surface area contributed by atoms with Crippen molar-refractivity contribution in [1.82, 2.24) is 10.2 Å². The topological polar surface area (TPSA) is 87.7 Å². The molecule has 4 amide bonds. The summed E-state index contributed by atoms with van der Waals surface area (Å²) in [7, 11) is 1.56. The van der Waals surface area contributed by atoms with Gasteiger partial charge in [-0.3, -0.25) is 14.5 Å². The number of nitrogens with zero attached hydrogens (tertiary/aromatic N) is 1. The van der Waals surface area contributed by atoms with Crippen molar-refractivity contribution in [1.29, 1.82) is 0 Å². The van der Waals surface area contributed by atoms with Gasteiger partial charge in [-0.05, 0) is 55.3 Å². The Balaban J connectivity index is 1.77. The molecule has 1 heterocycles. The van der Waals surface area contributed by atoms with E-state index in [2.05, 4.69) is 10.6 Å². The van der Waals surface area contributed by atoms with Crippen molar-refractivity contribution < 1.29 is 19.1 Å². The van der Waals surface area contributed by atoms with Crippen LogP contribution in [-0.4, -0.2) is 36.4 Å². The molecule has 1 unspecified atom stereocenters. The predicted octanol–water partition coefficient (Wildman–Crippen LogP) is 3.72. The van der Waals surface area contributed by atoms with Crippen LogP contribution in [0.5, 0.6) is 5.75 Å². The first-order valence-corrected chi connectivity index (χ1v) is 9.45. The molecule has 3 rings (SSSR count). The first kappa shape index (κ1) is 21.0. The van der Waals surface area contributed by atoms with E-state index in [1.807, 2.05) is 6.92 Å². The van der Waals surface area contributed by atoms with Crippen LogP contribution in [0.1, 0.15) is 18.1 Å². The Labute approximate surface area is 177 Å². The SMILES string of the molecule is COc1ccc(C2(C)NC(=O)N(CC(=O)Nc3ccc(Cl)cc3Cl)C2=O)cc1C. The molecular weight excluding hydrogens is 417 g/mol. The van der Waals surface area contributed by atoms with Crippen LogP contribution in [0.3, 0.4) is 0 Å². The Bertz CT molecular complexity index is 1010. The number of aryl methyl sites for hydroxylation is 1. The second kappa shape index (κ2) is 7.93. The molecule has 0 spiro atoms. The van der Waals surface area contributed by atoms with Crippen molar-refractivity contribution in [3.05, 3.63) is 57.6 Å². The normalized spacial score (nSPS) is 18.6. The van der Waals surface area contributed by atoms with Gasteiger partial charge in [0.25, 0.3) is 5.91 Å². The van der Waals surface area contributed by atoms with Crippen LogP contribution < -0.4 is 15.4 Å². The highest BCUT2D eigenvalue weighted by Crippen LogP contribution is 2.32. The lowest BCUT2D eigenvalue weighted by atomic mass is 9.90. The van der Waals surface area contributed by atoms with Crippen LogP contribution in [0.15, 0.2) is 36.4 Å². The molecule has 1 aliphatic heterocycles. The van der Waals surface area contributed by atoms with Gasteiger partial charge in [-0.15, -0.1) is 0 Å². The van der Waals surface area contributed by atoms with E-state index in [-0.39, 0.29) is 5.02 Å². The van der Waals surface area contributed by atoms with E-state index in [4.69, 9.17) is 27.9 Å². The van der Waals surface area contributed by atoms with Crippen LogP contribution in [0.4, 0.5) is 10.5 Å². The zero-order valence-corrected chi connectivity index (χ0v) is 17.5. The van der Waals surface area contributed by atoms with Gasteiger partial charge in [0.15, 0.2) is 0 Å². The Kier molecular flexibility index (Phi) is 5.73.